The van der Waals surface area contributed by atoms with Gasteiger partial charge in [0.2, 0.25) is 5.91 Å². The first-order valence-corrected chi connectivity index (χ1v) is 9.46. The number of carbonyl (C=O) groups excluding carboxylic acids is 1. The van der Waals surface area contributed by atoms with Crippen LogP contribution in [0.2, 0.25) is 0 Å². The number of rotatable bonds is 9. The second kappa shape index (κ2) is 11.5. The Kier molecular flexibility index (Phi) is 9.78. The Bertz CT molecular complexity index is 584. The lowest BCUT2D eigenvalue weighted by Gasteiger charge is -2.30. The third kappa shape index (κ3) is 8.86. The van der Waals surface area contributed by atoms with Crippen molar-refractivity contribution >= 4 is 11.9 Å². The number of hydrogen-bond acceptors (Lipinski definition) is 4. The lowest BCUT2D eigenvalue weighted by atomic mass is 9.89. The van der Waals surface area contributed by atoms with Crippen molar-refractivity contribution in [2.24, 2.45) is 10.4 Å². The number of aliphatic imine (C=N–C) groups is 1. The van der Waals surface area contributed by atoms with Gasteiger partial charge in [-0.15, -0.1) is 0 Å². The van der Waals surface area contributed by atoms with Gasteiger partial charge in [-0.25, -0.2) is 4.99 Å². The maximum absolute atomic E-state index is 12.3. The average molecular weight is 378 g/mol. The molecule has 1 aromatic rings. The Morgan fingerprint density at radius 2 is 2.07 bits per heavy atom. The number of likely N-dealkylation sites (N-methyl/N-ethyl adjacent to an activating group) is 1. The van der Waals surface area contributed by atoms with Crippen LogP contribution < -0.4 is 10.6 Å². The number of amides is 1. The zero-order valence-corrected chi connectivity index (χ0v) is 17.6. The van der Waals surface area contributed by atoms with E-state index in [9.17, 15) is 4.79 Å². The van der Waals surface area contributed by atoms with Gasteiger partial charge in [0.05, 0.1) is 6.10 Å². The summed E-state index contributed by atoms with van der Waals surface area (Å²) in [7, 11) is 3.50. The molecular formula is C20H35N5O2. The second-order valence-electron chi connectivity index (χ2n) is 7.55. The van der Waals surface area contributed by atoms with Gasteiger partial charge in [0.15, 0.2) is 5.96 Å². The number of pyridine rings is 1. The molecule has 1 heterocycles. The molecule has 7 heteroatoms. The van der Waals surface area contributed by atoms with Crippen LogP contribution in [0.1, 0.15) is 33.4 Å². The number of guanidine groups is 1. The Hall–Kier alpha value is -2.15. The summed E-state index contributed by atoms with van der Waals surface area (Å²) in [5.74, 6) is 0.595. The van der Waals surface area contributed by atoms with Crippen LogP contribution in [-0.4, -0.2) is 68.2 Å². The largest absolute Gasteiger partial charge is 0.379 e. The maximum Gasteiger partial charge on any atom is 0.244 e. The molecule has 1 aromatic heterocycles. The van der Waals surface area contributed by atoms with E-state index in [1.807, 2.05) is 25.1 Å². The van der Waals surface area contributed by atoms with Crippen molar-refractivity contribution in [1.82, 2.24) is 20.5 Å². The molecule has 1 amide bonds. The smallest absolute Gasteiger partial charge is 0.244 e. The van der Waals surface area contributed by atoms with E-state index in [2.05, 4.69) is 41.4 Å². The van der Waals surface area contributed by atoms with Gasteiger partial charge in [0, 0.05) is 52.1 Å². The lowest BCUT2D eigenvalue weighted by molar-refractivity contribution is -0.128. The van der Waals surface area contributed by atoms with Crippen LogP contribution in [0.15, 0.2) is 29.4 Å². The number of ether oxygens (including phenoxy) is 1. The number of hydrogen-bond donors (Lipinski definition) is 2. The van der Waals surface area contributed by atoms with Crippen LogP contribution in [0.5, 0.6) is 0 Å². The van der Waals surface area contributed by atoms with E-state index in [4.69, 9.17) is 4.74 Å². The number of methoxy groups -OCH3 is 1. The highest BCUT2D eigenvalue weighted by atomic mass is 16.5. The summed E-state index contributed by atoms with van der Waals surface area (Å²) in [5.41, 5.74) is 0.990. The molecule has 0 saturated carbocycles. The van der Waals surface area contributed by atoms with Gasteiger partial charge in [-0.1, -0.05) is 26.8 Å². The van der Waals surface area contributed by atoms with E-state index in [1.165, 1.54) is 0 Å². The molecule has 27 heavy (non-hydrogen) atoms. The van der Waals surface area contributed by atoms with E-state index in [1.54, 1.807) is 25.3 Å². The molecule has 1 rings (SSSR count). The van der Waals surface area contributed by atoms with Gasteiger partial charge < -0.3 is 20.3 Å². The van der Waals surface area contributed by atoms with Gasteiger partial charge in [-0.05, 0) is 24.5 Å². The first-order valence-electron chi connectivity index (χ1n) is 9.46. The monoisotopic (exact) mass is 377 g/mol. The fourth-order valence-electron chi connectivity index (χ4n) is 2.49. The second-order valence-corrected chi connectivity index (χ2v) is 7.55. The van der Waals surface area contributed by atoms with Crippen LogP contribution in [0, 0.1) is 5.41 Å². The molecular weight excluding hydrogens is 342 g/mol. The van der Waals surface area contributed by atoms with Crippen LogP contribution in [-0.2, 0) is 16.0 Å². The molecule has 0 bridgehead atoms. The third-order valence-electron chi connectivity index (χ3n) is 4.28. The summed E-state index contributed by atoms with van der Waals surface area (Å²) in [6.45, 7) is 10.5. The van der Waals surface area contributed by atoms with Gasteiger partial charge in [0.1, 0.15) is 6.54 Å². The Morgan fingerprint density at radius 1 is 1.33 bits per heavy atom. The molecule has 0 aromatic carbocycles. The lowest BCUT2D eigenvalue weighted by Crippen LogP contribution is -2.45. The number of nitrogens with zero attached hydrogens (tertiary/aromatic N) is 3. The van der Waals surface area contributed by atoms with Crippen molar-refractivity contribution in [3.8, 4) is 0 Å². The molecule has 0 aliphatic carbocycles. The Labute approximate surface area is 163 Å². The molecule has 0 spiro atoms. The normalized spacial score (nSPS) is 13.2. The molecule has 1 unspecified atom stereocenters. The van der Waals surface area contributed by atoms with Crippen LogP contribution >= 0.6 is 0 Å². The van der Waals surface area contributed by atoms with Gasteiger partial charge >= 0.3 is 0 Å². The zero-order chi connectivity index (χ0) is 20.3. The Morgan fingerprint density at radius 3 is 2.63 bits per heavy atom. The van der Waals surface area contributed by atoms with Crippen molar-refractivity contribution in [3.63, 3.8) is 0 Å². The number of carbonyl (C=O) groups is 1. The predicted molar refractivity (Wildman–Crippen MR) is 110 cm³/mol. The predicted octanol–water partition coefficient (Wildman–Crippen LogP) is 1.70. The summed E-state index contributed by atoms with van der Waals surface area (Å²) in [5, 5.41) is 6.43. The van der Waals surface area contributed by atoms with E-state index in [-0.39, 0.29) is 24.0 Å². The SMILES string of the molecule is CCNC(=NCC(=O)N(C)CCc1ccccn1)NCC(OC)C(C)(C)C. The maximum atomic E-state index is 12.3. The van der Waals surface area contributed by atoms with Gasteiger partial charge in [0.25, 0.3) is 0 Å². The fraction of sp³-hybridized carbons (Fsp3) is 0.650. The van der Waals surface area contributed by atoms with E-state index < -0.39 is 0 Å². The molecule has 0 aliphatic rings. The highest BCUT2D eigenvalue weighted by molar-refractivity contribution is 5.84. The minimum Gasteiger partial charge on any atom is -0.379 e. The number of aromatic nitrogens is 1. The molecule has 0 saturated heterocycles. The topological polar surface area (TPSA) is 78.9 Å². The highest BCUT2D eigenvalue weighted by Gasteiger charge is 2.24. The van der Waals surface area contributed by atoms with Crippen molar-refractivity contribution in [1.29, 1.82) is 0 Å². The summed E-state index contributed by atoms with van der Waals surface area (Å²) >= 11 is 0. The van der Waals surface area contributed by atoms with Crippen LogP contribution in [0.3, 0.4) is 0 Å². The Balaban J connectivity index is 2.53. The third-order valence-corrected chi connectivity index (χ3v) is 4.28. The molecule has 0 fully saturated rings. The fourth-order valence-corrected chi connectivity index (χ4v) is 2.49. The van der Waals surface area contributed by atoms with Gasteiger partial charge in [-0.2, -0.15) is 0 Å². The van der Waals surface area contributed by atoms with Crippen LogP contribution in [0.25, 0.3) is 0 Å². The first kappa shape index (κ1) is 22.9. The van der Waals surface area contributed by atoms with Crippen LogP contribution in [0.4, 0.5) is 0 Å². The molecule has 7 nitrogen and oxygen atoms in total. The standard InChI is InChI=1S/C20H35N5O2/c1-7-21-19(23-14-17(27-6)20(2,3)4)24-15-18(26)25(5)13-11-16-10-8-9-12-22-16/h8-10,12,17H,7,11,13-15H2,1-6H3,(H2,21,23,24). The summed E-state index contributed by atoms with van der Waals surface area (Å²) in [6, 6.07) is 5.80. The molecule has 0 aliphatic heterocycles. The van der Waals surface area contributed by atoms with Crippen molar-refractivity contribution in [2.45, 2.75) is 40.2 Å². The minimum absolute atomic E-state index is 0.0145. The molecule has 1 atom stereocenters. The highest BCUT2D eigenvalue weighted by Crippen LogP contribution is 2.20. The quantitative estimate of drug-likeness (QED) is 0.506. The minimum atomic E-state index is -0.0257. The van der Waals surface area contributed by atoms with Gasteiger partial charge in [-0.3, -0.25) is 9.78 Å². The van der Waals surface area contributed by atoms with Crippen molar-refractivity contribution in [2.75, 3.05) is 40.3 Å². The summed E-state index contributed by atoms with van der Waals surface area (Å²) in [4.78, 5) is 22.7. The number of nitrogens with one attached hydrogen (secondary N) is 2. The van der Waals surface area contributed by atoms with E-state index >= 15 is 0 Å². The van der Waals surface area contributed by atoms with Crippen molar-refractivity contribution in [3.05, 3.63) is 30.1 Å². The summed E-state index contributed by atoms with van der Waals surface area (Å²) < 4.78 is 5.55. The molecule has 152 valence electrons. The average Bonchev–Trinajstić information content (AvgIpc) is 2.64. The molecule has 0 radical (unpaired) electrons. The van der Waals surface area contributed by atoms with E-state index in [0.29, 0.717) is 19.0 Å². The first-order chi connectivity index (χ1) is 12.8. The summed E-state index contributed by atoms with van der Waals surface area (Å²) in [6.07, 6.45) is 2.53. The van der Waals surface area contributed by atoms with Crippen molar-refractivity contribution < 1.29 is 9.53 Å². The van der Waals surface area contributed by atoms with E-state index in [0.717, 1.165) is 18.7 Å². The zero-order valence-electron chi connectivity index (χ0n) is 17.6. The molecule has 2 N–H and O–H groups in total.